The molecular weight excluding hydrogens is 232 g/mol. The molecule has 1 aliphatic carbocycles. The Morgan fingerprint density at radius 1 is 1.29 bits per heavy atom. The van der Waals surface area contributed by atoms with Gasteiger partial charge >= 0.3 is 0 Å². The average Bonchev–Trinajstić information content (AvgIpc) is 2.34. The fourth-order valence-electron chi connectivity index (χ4n) is 2.30. The van der Waals surface area contributed by atoms with Crippen LogP contribution in [0.1, 0.15) is 25.7 Å². The molecule has 0 aromatic carbocycles. The normalized spacial score (nSPS) is 24.5. The summed E-state index contributed by atoms with van der Waals surface area (Å²) in [5, 5.41) is 4.15. The van der Waals surface area contributed by atoms with Crippen LogP contribution in [0.25, 0.3) is 0 Å². The molecule has 2 unspecified atom stereocenters. The highest BCUT2D eigenvalue weighted by molar-refractivity contribution is 7.99. The fraction of sp³-hybridized carbons (Fsp3) is 0.583. The topological polar surface area (TPSA) is 77.0 Å². The molecule has 0 saturated heterocycles. The molecule has 0 bridgehead atoms. The summed E-state index contributed by atoms with van der Waals surface area (Å²) in [7, 11) is 0. The van der Waals surface area contributed by atoms with Gasteiger partial charge in [-0.1, -0.05) is 12.8 Å². The molecule has 1 fully saturated rings. The molecule has 0 spiro atoms. The SMILES string of the molecule is CSC1CCCCC1Nc1ccc(N)c(N)n1. The summed E-state index contributed by atoms with van der Waals surface area (Å²) in [4.78, 5) is 4.27. The zero-order chi connectivity index (χ0) is 12.3. The molecule has 1 aliphatic rings. The number of aromatic nitrogens is 1. The summed E-state index contributed by atoms with van der Waals surface area (Å²) in [5.74, 6) is 1.24. The van der Waals surface area contributed by atoms with Crippen molar-refractivity contribution < 1.29 is 0 Å². The molecule has 1 aromatic heterocycles. The molecule has 2 atom stereocenters. The molecule has 0 amide bonds. The monoisotopic (exact) mass is 252 g/mol. The highest BCUT2D eigenvalue weighted by atomic mass is 32.2. The van der Waals surface area contributed by atoms with Gasteiger partial charge in [-0.25, -0.2) is 4.98 Å². The van der Waals surface area contributed by atoms with Gasteiger partial charge in [0, 0.05) is 11.3 Å². The van der Waals surface area contributed by atoms with Crippen molar-refractivity contribution in [2.45, 2.75) is 37.0 Å². The second-order valence-corrected chi connectivity index (χ2v) is 5.56. The Morgan fingerprint density at radius 3 is 2.76 bits per heavy atom. The number of hydrogen-bond donors (Lipinski definition) is 3. The van der Waals surface area contributed by atoms with Crippen molar-refractivity contribution in [1.82, 2.24) is 4.98 Å². The minimum Gasteiger partial charge on any atom is -0.396 e. The Bertz CT molecular complexity index is 383. The van der Waals surface area contributed by atoms with Crippen LogP contribution in [0.3, 0.4) is 0 Å². The quantitative estimate of drug-likeness (QED) is 0.769. The lowest BCUT2D eigenvalue weighted by Gasteiger charge is -2.31. The molecule has 1 heterocycles. The van der Waals surface area contributed by atoms with Gasteiger partial charge in [-0.2, -0.15) is 11.8 Å². The Kier molecular flexibility index (Phi) is 3.99. The fourth-order valence-corrected chi connectivity index (χ4v) is 3.24. The van der Waals surface area contributed by atoms with Crippen LogP contribution in [0.2, 0.25) is 0 Å². The van der Waals surface area contributed by atoms with Gasteiger partial charge in [0.2, 0.25) is 0 Å². The van der Waals surface area contributed by atoms with E-state index in [1.165, 1.54) is 25.7 Å². The zero-order valence-corrected chi connectivity index (χ0v) is 11.0. The van der Waals surface area contributed by atoms with E-state index in [-0.39, 0.29) is 0 Å². The molecular formula is C12H20N4S. The van der Waals surface area contributed by atoms with Crippen LogP contribution < -0.4 is 16.8 Å². The second-order valence-electron chi connectivity index (χ2n) is 4.48. The van der Waals surface area contributed by atoms with Crippen molar-refractivity contribution in [2.24, 2.45) is 0 Å². The number of nitrogens with two attached hydrogens (primary N) is 2. The molecule has 0 radical (unpaired) electrons. The number of hydrogen-bond acceptors (Lipinski definition) is 5. The maximum absolute atomic E-state index is 5.71. The first-order valence-corrected chi connectivity index (χ1v) is 7.31. The van der Waals surface area contributed by atoms with Crippen molar-refractivity contribution in [3.63, 3.8) is 0 Å². The Labute approximate surface area is 107 Å². The number of anilines is 3. The van der Waals surface area contributed by atoms with E-state index in [0.717, 1.165) is 5.82 Å². The molecule has 0 aliphatic heterocycles. The number of nitrogens with zero attached hydrogens (tertiary/aromatic N) is 1. The largest absolute Gasteiger partial charge is 0.396 e. The molecule has 5 heteroatoms. The van der Waals surface area contributed by atoms with Gasteiger partial charge in [0.25, 0.3) is 0 Å². The first-order chi connectivity index (χ1) is 8.20. The summed E-state index contributed by atoms with van der Waals surface area (Å²) in [6.07, 6.45) is 7.29. The Morgan fingerprint density at radius 2 is 2.06 bits per heavy atom. The highest BCUT2D eigenvalue weighted by Gasteiger charge is 2.24. The van der Waals surface area contributed by atoms with Crippen LogP contribution in [0.15, 0.2) is 12.1 Å². The van der Waals surface area contributed by atoms with Gasteiger partial charge in [-0.3, -0.25) is 0 Å². The number of rotatable bonds is 3. The minimum atomic E-state index is 0.409. The van der Waals surface area contributed by atoms with E-state index in [4.69, 9.17) is 11.5 Å². The summed E-state index contributed by atoms with van der Waals surface area (Å²) in [5.41, 5.74) is 11.9. The number of thioether (sulfide) groups is 1. The van der Waals surface area contributed by atoms with Crippen LogP contribution in [0, 0.1) is 0 Å². The Balaban J connectivity index is 2.05. The molecule has 2 rings (SSSR count). The van der Waals surface area contributed by atoms with E-state index < -0.39 is 0 Å². The van der Waals surface area contributed by atoms with E-state index in [2.05, 4.69) is 16.6 Å². The molecule has 5 N–H and O–H groups in total. The maximum Gasteiger partial charge on any atom is 0.149 e. The smallest absolute Gasteiger partial charge is 0.149 e. The first-order valence-electron chi connectivity index (χ1n) is 6.02. The van der Waals surface area contributed by atoms with Crippen molar-refractivity contribution in [1.29, 1.82) is 0 Å². The predicted molar refractivity (Wildman–Crippen MR) is 76.2 cm³/mol. The standard InChI is InChI=1S/C12H20N4S/c1-17-10-5-3-2-4-9(10)15-11-7-6-8(13)12(14)16-11/h6-7,9-10H,2-5,13H2,1H3,(H3,14,15,16). The van der Waals surface area contributed by atoms with E-state index in [1.807, 2.05) is 23.9 Å². The molecule has 17 heavy (non-hydrogen) atoms. The maximum atomic E-state index is 5.71. The van der Waals surface area contributed by atoms with Crippen LogP contribution in [-0.4, -0.2) is 22.5 Å². The first kappa shape index (κ1) is 12.4. The average molecular weight is 252 g/mol. The third kappa shape index (κ3) is 2.97. The lowest BCUT2D eigenvalue weighted by molar-refractivity contribution is 0.474. The summed E-state index contributed by atoms with van der Waals surface area (Å²) in [6.45, 7) is 0. The Hall–Kier alpha value is -1.10. The number of nitrogens with one attached hydrogen (secondary N) is 1. The summed E-state index contributed by atoms with van der Waals surface area (Å²) < 4.78 is 0. The molecule has 1 saturated carbocycles. The van der Waals surface area contributed by atoms with Crippen molar-refractivity contribution in [3.05, 3.63) is 12.1 Å². The van der Waals surface area contributed by atoms with Gasteiger partial charge < -0.3 is 16.8 Å². The van der Waals surface area contributed by atoms with E-state index in [1.54, 1.807) is 0 Å². The van der Waals surface area contributed by atoms with E-state index in [9.17, 15) is 0 Å². The third-order valence-corrected chi connectivity index (χ3v) is 4.47. The minimum absolute atomic E-state index is 0.409. The third-order valence-electron chi connectivity index (χ3n) is 3.30. The molecule has 94 valence electrons. The van der Waals surface area contributed by atoms with Gasteiger partial charge in [0.1, 0.15) is 11.6 Å². The van der Waals surface area contributed by atoms with Gasteiger partial charge in [0.15, 0.2) is 0 Å². The van der Waals surface area contributed by atoms with Crippen LogP contribution in [0.5, 0.6) is 0 Å². The summed E-state index contributed by atoms with van der Waals surface area (Å²) in [6, 6.07) is 4.20. The van der Waals surface area contributed by atoms with Crippen molar-refractivity contribution in [2.75, 3.05) is 23.0 Å². The lowest BCUT2D eigenvalue weighted by Crippen LogP contribution is -2.34. The number of pyridine rings is 1. The highest BCUT2D eigenvalue weighted by Crippen LogP contribution is 2.29. The zero-order valence-electron chi connectivity index (χ0n) is 10.1. The van der Waals surface area contributed by atoms with Gasteiger partial charge in [-0.05, 0) is 31.2 Å². The van der Waals surface area contributed by atoms with E-state index in [0.29, 0.717) is 22.8 Å². The van der Waals surface area contributed by atoms with Crippen LogP contribution >= 0.6 is 11.8 Å². The molecule has 4 nitrogen and oxygen atoms in total. The lowest BCUT2D eigenvalue weighted by atomic mass is 9.95. The summed E-state index contributed by atoms with van der Waals surface area (Å²) >= 11 is 1.93. The van der Waals surface area contributed by atoms with Gasteiger partial charge in [0.05, 0.1) is 5.69 Å². The van der Waals surface area contributed by atoms with E-state index >= 15 is 0 Å². The van der Waals surface area contributed by atoms with Crippen molar-refractivity contribution >= 4 is 29.1 Å². The van der Waals surface area contributed by atoms with Crippen LogP contribution in [-0.2, 0) is 0 Å². The van der Waals surface area contributed by atoms with Crippen molar-refractivity contribution in [3.8, 4) is 0 Å². The van der Waals surface area contributed by atoms with Gasteiger partial charge in [-0.15, -0.1) is 0 Å². The number of nitrogen functional groups attached to an aromatic ring is 2. The predicted octanol–water partition coefficient (Wildman–Crippen LogP) is 2.33. The second kappa shape index (κ2) is 5.49. The van der Waals surface area contributed by atoms with Crippen LogP contribution in [0.4, 0.5) is 17.3 Å². The molecule has 1 aromatic rings.